The molecule has 1 rings (SSSR count). The highest BCUT2D eigenvalue weighted by Gasteiger charge is 2.24. The zero-order valence-electron chi connectivity index (χ0n) is 12.9. The molecule has 20 heavy (non-hydrogen) atoms. The summed E-state index contributed by atoms with van der Waals surface area (Å²) < 4.78 is 5.51. The first kappa shape index (κ1) is 17.4. The highest BCUT2D eigenvalue weighted by Crippen LogP contribution is 2.19. The first-order valence-corrected chi connectivity index (χ1v) is 7.77. The molecule has 1 saturated heterocycles. The summed E-state index contributed by atoms with van der Waals surface area (Å²) in [6.07, 6.45) is 3.49. The Balaban J connectivity index is 2.31. The average molecular weight is 286 g/mol. The molecule has 118 valence electrons. The summed E-state index contributed by atoms with van der Waals surface area (Å²) in [5.74, 6) is 1.10. The van der Waals surface area contributed by atoms with Crippen LogP contribution in [-0.2, 0) is 9.53 Å². The normalized spacial score (nSPS) is 18.6. The van der Waals surface area contributed by atoms with Gasteiger partial charge in [0, 0.05) is 19.5 Å². The number of piperidine rings is 1. The number of rotatable bonds is 8. The predicted octanol–water partition coefficient (Wildman–Crippen LogP) is 0.997. The molecule has 5 heteroatoms. The molecule has 0 aromatic carbocycles. The number of amides is 1. The van der Waals surface area contributed by atoms with Crippen LogP contribution in [0, 0.1) is 11.8 Å². The summed E-state index contributed by atoms with van der Waals surface area (Å²) in [4.78, 5) is 14.2. The number of carbonyl (C=O) groups excluding carboxylic acids is 1. The summed E-state index contributed by atoms with van der Waals surface area (Å²) in [6, 6.07) is 0. The standard InChI is InChI=1S/C15H30N2O3/c1-12(2)9-13(11-16)10-15(19)17-5-3-14(4-6-17)20-8-7-18/h12-14,18H,3-11,16H2,1-2H3/t13-/m0/s1. The third kappa shape index (κ3) is 6.20. The van der Waals surface area contributed by atoms with Gasteiger partial charge in [0.15, 0.2) is 0 Å². The van der Waals surface area contributed by atoms with Gasteiger partial charge < -0.3 is 20.5 Å². The van der Waals surface area contributed by atoms with Crippen LogP contribution < -0.4 is 5.73 Å². The van der Waals surface area contributed by atoms with Crippen molar-refractivity contribution in [2.45, 2.75) is 45.6 Å². The van der Waals surface area contributed by atoms with E-state index in [-0.39, 0.29) is 18.6 Å². The summed E-state index contributed by atoms with van der Waals surface area (Å²) in [5.41, 5.74) is 5.76. The molecule has 1 amide bonds. The van der Waals surface area contributed by atoms with E-state index in [1.54, 1.807) is 0 Å². The van der Waals surface area contributed by atoms with Crippen LogP contribution in [0.4, 0.5) is 0 Å². The second-order valence-electron chi connectivity index (χ2n) is 6.11. The zero-order chi connectivity index (χ0) is 15.0. The van der Waals surface area contributed by atoms with Crippen molar-refractivity contribution in [3.05, 3.63) is 0 Å². The number of likely N-dealkylation sites (tertiary alicyclic amines) is 1. The molecule has 5 nitrogen and oxygen atoms in total. The maximum Gasteiger partial charge on any atom is 0.222 e. The minimum atomic E-state index is 0.0620. The van der Waals surface area contributed by atoms with Crippen molar-refractivity contribution in [2.75, 3.05) is 32.8 Å². The fourth-order valence-corrected chi connectivity index (χ4v) is 2.80. The number of ether oxygens (including phenoxy) is 1. The van der Waals surface area contributed by atoms with Gasteiger partial charge in [-0.05, 0) is 37.6 Å². The van der Waals surface area contributed by atoms with Gasteiger partial charge in [0.1, 0.15) is 0 Å². The smallest absolute Gasteiger partial charge is 0.222 e. The van der Waals surface area contributed by atoms with Gasteiger partial charge in [-0.25, -0.2) is 0 Å². The molecule has 1 heterocycles. The monoisotopic (exact) mass is 286 g/mol. The molecule has 0 radical (unpaired) electrons. The molecular formula is C15H30N2O3. The average Bonchev–Trinajstić information content (AvgIpc) is 2.44. The lowest BCUT2D eigenvalue weighted by molar-refractivity contribution is -0.135. The van der Waals surface area contributed by atoms with Crippen LogP contribution in [0.5, 0.6) is 0 Å². The molecule has 1 aliphatic rings. The topological polar surface area (TPSA) is 75.8 Å². The van der Waals surface area contributed by atoms with Crippen molar-refractivity contribution in [3.8, 4) is 0 Å². The third-order valence-electron chi connectivity index (χ3n) is 3.84. The Morgan fingerprint density at radius 1 is 1.40 bits per heavy atom. The van der Waals surface area contributed by atoms with E-state index in [0.29, 0.717) is 31.4 Å². The first-order valence-electron chi connectivity index (χ1n) is 7.77. The Morgan fingerprint density at radius 2 is 2.05 bits per heavy atom. The van der Waals surface area contributed by atoms with Crippen LogP contribution in [-0.4, -0.2) is 54.9 Å². The van der Waals surface area contributed by atoms with E-state index in [1.165, 1.54) is 0 Å². The Morgan fingerprint density at radius 3 is 2.55 bits per heavy atom. The van der Waals surface area contributed by atoms with Gasteiger partial charge in [-0.15, -0.1) is 0 Å². The number of hydrogen-bond acceptors (Lipinski definition) is 4. The lowest BCUT2D eigenvalue weighted by Gasteiger charge is -2.33. The van der Waals surface area contributed by atoms with Crippen molar-refractivity contribution < 1.29 is 14.6 Å². The molecule has 1 atom stereocenters. The third-order valence-corrected chi connectivity index (χ3v) is 3.84. The maximum absolute atomic E-state index is 12.3. The van der Waals surface area contributed by atoms with Gasteiger partial charge in [0.25, 0.3) is 0 Å². The predicted molar refractivity (Wildman–Crippen MR) is 79.3 cm³/mol. The molecule has 0 aromatic heterocycles. The second kappa shape index (κ2) is 9.32. The van der Waals surface area contributed by atoms with Crippen LogP contribution >= 0.6 is 0 Å². The van der Waals surface area contributed by atoms with Crippen molar-refractivity contribution >= 4 is 5.91 Å². The van der Waals surface area contributed by atoms with E-state index in [1.807, 2.05) is 4.90 Å². The molecule has 0 aromatic rings. The van der Waals surface area contributed by atoms with Gasteiger partial charge >= 0.3 is 0 Å². The maximum atomic E-state index is 12.3. The Bertz CT molecular complexity index is 276. The first-order chi connectivity index (χ1) is 9.56. The van der Waals surface area contributed by atoms with Crippen LogP contribution in [0.25, 0.3) is 0 Å². The number of nitrogens with two attached hydrogens (primary N) is 1. The lowest BCUT2D eigenvalue weighted by Crippen LogP contribution is -2.42. The van der Waals surface area contributed by atoms with Gasteiger partial charge in [-0.3, -0.25) is 4.79 Å². The Hall–Kier alpha value is -0.650. The number of hydrogen-bond donors (Lipinski definition) is 2. The SMILES string of the molecule is CC(C)C[C@H](CN)CC(=O)N1CCC(OCCO)CC1. The van der Waals surface area contributed by atoms with Crippen LogP contribution in [0.3, 0.4) is 0 Å². The molecule has 0 saturated carbocycles. The number of carbonyl (C=O) groups is 1. The minimum absolute atomic E-state index is 0.0620. The van der Waals surface area contributed by atoms with Crippen molar-refractivity contribution in [1.82, 2.24) is 4.90 Å². The lowest BCUT2D eigenvalue weighted by atomic mass is 9.93. The van der Waals surface area contributed by atoms with Crippen molar-refractivity contribution in [1.29, 1.82) is 0 Å². The largest absolute Gasteiger partial charge is 0.394 e. The molecule has 0 bridgehead atoms. The summed E-state index contributed by atoms with van der Waals surface area (Å²) in [6.45, 7) is 6.88. The Kier molecular flexibility index (Phi) is 8.11. The fraction of sp³-hybridized carbons (Fsp3) is 0.933. The minimum Gasteiger partial charge on any atom is -0.394 e. The highest BCUT2D eigenvalue weighted by atomic mass is 16.5. The van der Waals surface area contributed by atoms with Gasteiger partial charge in [0.05, 0.1) is 19.3 Å². The van der Waals surface area contributed by atoms with E-state index >= 15 is 0 Å². The number of aliphatic hydroxyl groups excluding tert-OH is 1. The summed E-state index contributed by atoms with van der Waals surface area (Å²) in [5, 5.41) is 8.73. The van der Waals surface area contributed by atoms with E-state index in [4.69, 9.17) is 15.6 Å². The van der Waals surface area contributed by atoms with Gasteiger partial charge in [-0.2, -0.15) is 0 Å². The van der Waals surface area contributed by atoms with E-state index < -0.39 is 0 Å². The van der Waals surface area contributed by atoms with Crippen LogP contribution in [0.2, 0.25) is 0 Å². The molecular weight excluding hydrogens is 256 g/mol. The van der Waals surface area contributed by atoms with Gasteiger partial charge in [0.2, 0.25) is 5.91 Å². The van der Waals surface area contributed by atoms with Crippen LogP contribution in [0.1, 0.15) is 39.5 Å². The highest BCUT2D eigenvalue weighted by molar-refractivity contribution is 5.76. The van der Waals surface area contributed by atoms with Crippen molar-refractivity contribution in [2.24, 2.45) is 17.6 Å². The van der Waals surface area contributed by atoms with Crippen molar-refractivity contribution in [3.63, 3.8) is 0 Å². The Labute approximate surface area is 122 Å². The molecule has 0 aliphatic carbocycles. The second-order valence-corrected chi connectivity index (χ2v) is 6.11. The quantitative estimate of drug-likeness (QED) is 0.698. The molecule has 1 aliphatic heterocycles. The zero-order valence-corrected chi connectivity index (χ0v) is 12.9. The fourth-order valence-electron chi connectivity index (χ4n) is 2.80. The van der Waals surface area contributed by atoms with E-state index in [9.17, 15) is 4.79 Å². The number of aliphatic hydroxyl groups is 1. The molecule has 0 spiro atoms. The van der Waals surface area contributed by atoms with Gasteiger partial charge in [-0.1, -0.05) is 13.8 Å². The molecule has 3 N–H and O–H groups in total. The number of nitrogens with zero attached hydrogens (tertiary/aromatic N) is 1. The molecule has 0 unspecified atom stereocenters. The van der Waals surface area contributed by atoms with Crippen LogP contribution in [0.15, 0.2) is 0 Å². The summed E-state index contributed by atoms with van der Waals surface area (Å²) in [7, 11) is 0. The van der Waals surface area contributed by atoms with E-state index in [0.717, 1.165) is 32.4 Å². The van der Waals surface area contributed by atoms with E-state index in [2.05, 4.69) is 13.8 Å². The molecule has 1 fully saturated rings. The summed E-state index contributed by atoms with van der Waals surface area (Å²) >= 11 is 0.